The fourth-order valence-corrected chi connectivity index (χ4v) is 1.06. The minimum absolute atomic E-state index is 0.106. The highest BCUT2D eigenvalue weighted by molar-refractivity contribution is 5.83. The van der Waals surface area contributed by atoms with Crippen LogP contribution in [-0.2, 0) is 11.0 Å². The molecular formula is C9H11F3N4O. The molecule has 0 unspecified atom stereocenters. The standard InChI is InChI=1S/C9H11F3N4O/c1-5(8(17)13-2)14-7-4-3-6(15-16-7)9(10,11)12/h3-5H,1-2H3,(H,13,17)(H,14,16)/t5-/m1/s1. The first-order chi connectivity index (χ1) is 7.84. The van der Waals surface area contributed by atoms with Crippen LogP contribution in [0.25, 0.3) is 0 Å². The summed E-state index contributed by atoms with van der Waals surface area (Å²) in [7, 11) is 1.46. The maximum atomic E-state index is 12.2. The number of alkyl halides is 3. The van der Waals surface area contributed by atoms with Gasteiger partial charge in [-0.1, -0.05) is 0 Å². The number of anilines is 1. The predicted octanol–water partition coefficient (Wildman–Crippen LogP) is 1.04. The molecule has 0 aliphatic rings. The van der Waals surface area contributed by atoms with Gasteiger partial charge in [0.15, 0.2) is 5.69 Å². The van der Waals surface area contributed by atoms with Gasteiger partial charge >= 0.3 is 6.18 Å². The Kier molecular flexibility index (Phi) is 3.87. The third-order valence-corrected chi connectivity index (χ3v) is 1.96. The summed E-state index contributed by atoms with van der Waals surface area (Å²) in [6.45, 7) is 1.55. The van der Waals surface area contributed by atoms with E-state index in [0.29, 0.717) is 0 Å². The Morgan fingerprint density at radius 2 is 2.00 bits per heavy atom. The van der Waals surface area contributed by atoms with Gasteiger partial charge in [-0.25, -0.2) is 0 Å². The second-order valence-corrected chi connectivity index (χ2v) is 3.28. The minimum atomic E-state index is -4.52. The summed E-state index contributed by atoms with van der Waals surface area (Å²) in [5.41, 5.74) is -1.07. The van der Waals surface area contributed by atoms with E-state index in [-0.39, 0.29) is 11.7 Å². The van der Waals surface area contributed by atoms with E-state index in [4.69, 9.17) is 0 Å². The highest BCUT2D eigenvalue weighted by Gasteiger charge is 2.32. The molecule has 0 aromatic carbocycles. The van der Waals surface area contributed by atoms with Crippen molar-refractivity contribution >= 4 is 11.7 Å². The quantitative estimate of drug-likeness (QED) is 0.838. The zero-order valence-electron chi connectivity index (χ0n) is 9.17. The van der Waals surface area contributed by atoms with E-state index in [9.17, 15) is 18.0 Å². The van der Waals surface area contributed by atoms with Gasteiger partial charge in [0.05, 0.1) is 0 Å². The summed E-state index contributed by atoms with van der Waals surface area (Å²) in [6.07, 6.45) is -4.52. The van der Waals surface area contributed by atoms with Crippen molar-refractivity contribution in [3.8, 4) is 0 Å². The molecule has 0 aliphatic carbocycles. The zero-order chi connectivity index (χ0) is 13.1. The number of nitrogens with zero attached hydrogens (tertiary/aromatic N) is 2. The van der Waals surface area contributed by atoms with Crippen LogP contribution in [-0.4, -0.2) is 29.2 Å². The minimum Gasteiger partial charge on any atom is -0.357 e. The number of halogens is 3. The first-order valence-electron chi connectivity index (χ1n) is 4.73. The van der Waals surface area contributed by atoms with Crippen LogP contribution in [0.5, 0.6) is 0 Å². The average Bonchev–Trinajstić information content (AvgIpc) is 2.27. The zero-order valence-corrected chi connectivity index (χ0v) is 9.17. The van der Waals surface area contributed by atoms with Crippen molar-refractivity contribution in [2.75, 3.05) is 12.4 Å². The van der Waals surface area contributed by atoms with E-state index in [1.807, 2.05) is 0 Å². The first-order valence-corrected chi connectivity index (χ1v) is 4.73. The second kappa shape index (κ2) is 4.98. The lowest BCUT2D eigenvalue weighted by Gasteiger charge is -2.12. The van der Waals surface area contributed by atoms with Crippen LogP contribution in [0, 0.1) is 0 Å². The highest BCUT2D eigenvalue weighted by atomic mass is 19.4. The molecule has 0 spiro atoms. The molecule has 0 bridgehead atoms. The van der Waals surface area contributed by atoms with Crippen LogP contribution in [0.1, 0.15) is 12.6 Å². The molecule has 94 valence electrons. The molecule has 1 atom stereocenters. The molecular weight excluding hydrogens is 237 g/mol. The van der Waals surface area contributed by atoms with Crippen molar-refractivity contribution in [3.05, 3.63) is 17.8 Å². The summed E-state index contributed by atoms with van der Waals surface area (Å²) in [4.78, 5) is 11.1. The Morgan fingerprint density at radius 1 is 1.35 bits per heavy atom. The number of nitrogens with one attached hydrogen (secondary N) is 2. The molecule has 0 radical (unpaired) electrons. The van der Waals surface area contributed by atoms with Gasteiger partial charge in [0.1, 0.15) is 11.9 Å². The smallest absolute Gasteiger partial charge is 0.357 e. The van der Waals surface area contributed by atoms with Gasteiger partial charge in [-0.15, -0.1) is 10.2 Å². The SMILES string of the molecule is CNC(=O)[C@@H](C)Nc1ccc(C(F)(F)F)nn1. The Labute approximate surface area is 95.4 Å². The molecule has 0 fully saturated rings. The molecule has 1 heterocycles. The molecule has 0 saturated heterocycles. The van der Waals surface area contributed by atoms with E-state index in [1.54, 1.807) is 6.92 Å². The van der Waals surface area contributed by atoms with Gasteiger partial charge in [-0.2, -0.15) is 13.2 Å². The molecule has 0 saturated carbocycles. The van der Waals surface area contributed by atoms with Crippen LogP contribution >= 0.6 is 0 Å². The van der Waals surface area contributed by atoms with Gasteiger partial charge in [-0.05, 0) is 19.1 Å². The number of hydrogen-bond donors (Lipinski definition) is 2. The van der Waals surface area contributed by atoms with Gasteiger partial charge in [-0.3, -0.25) is 4.79 Å². The average molecular weight is 248 g/mol. The predicted molar refractivity (Wildman–Crippen MR) is 54.2 cm³/mol. The molecule has 0 aliphatic heterocycles. The highest BCUT2D eigenvalue weighted by Crippen LogP contribution is 2.27. The van der Waals surface area contributed by atoms with Gasteiger partial charge in [0, 0.05) is 7.05 Å². The summed E-state index contributed by atoms with van der Waals surface area (Å²) in [5.74, 6) is -0.194. The van der Waals surface area contributed by atoms with Crippen molar-refractivity contribution in [2.45, 2.75) is 19.1 Å². The topological polar surface area (TPSA) is 66.9 Å². The second-order valence-electron chi connectivity index (χ2n) is 3.28. The van der Waals surface area contributed by atoms with Crippen molar-refractivity contribution < 1.29 is 18.0 Å². The molecule has 2 N–H and O–H groups in total. The van der Waals surface area contributed by atoms with Crippen LogP contribution in [0.2, 0.25) is 0 Å². The van der Waals surface area contributed by atoms with Crippen LogP contribution in [0.4, 0.5) is 19.0 Å². The number of carbonyl (C=O) groups is 1. The van der Waals surface area contributed by atoms with Crippen LogP contribution in [0.15, 0.2) is 12.1 Å². The maximum absolute atomic E-state index is 12.2. The summed E-state index contributed by atoms with van der Waals surface area (Å²) >= 11 is 0. The molecule has 1 aromatic heterocycles. The number of carbonyl (C=O) groups excluding carboxylic acids is 1. The lowest BCUT2D eigenvalue weighted by molar-refractivity contribution is -0.141. The molecule has 5 nitrogen and oxygen atoms in total. The van der Waals surface area contributed by atoms with E-state index in [2.05, 4.69) is 20.8 Å². The maximum Gasteiger partial charge on any atom is 0.435 e. The largest absolute Gasteiger partial charge is 0.435 e. The van der Waals surface area contributed by atoms with Crippen LogP contribution < -0.4 is 10.6 Å². The van der Waals surface area contributed by atoms with E-state index in [0.717, 1.165) is 12.1 Å². The summed E-state index contributed by atoms with van der Waals surface area (Å²) < 4.78 is 36.5. The number of likely N-dealkylation sites (N-methyl/N-ethyl adjacent to an activating group) is 1. The molecule has 17 heavy (non-hydrogen) atoms. The van der Waals surface area contributed by atoms with Crippen molar-refractivity contribution in [3.63, 3.8) is 0 Å². The molecule has 1 aromatic rings. The van der Waals surface area contributed by atoms with Crippen molar-refractivity contribution in [2.24, 2.45) is 0 Å². The monoisotopic (exact) mass is 248 g/mol. The third kappa shape index (κ3) is 3.58. The van der Waals surface area contributed by atoms with E-state index < -0.39 is 17.9 Å². The fraction of sp³-hybridized carbons (Fsp3) is 0.444. The Balaban J connectivity index is 2.72. The normalized spacial score (nSPS) is 13.0. The van der Waals surface area contributed by atoms with Crippen LogP contribution in [0.3, 0.4) is 0 Å². The lowest BCUT2D eigenvalue weighted by Crippen LogP contribution is -2.35. The first kappa shape index (κ1) is 13.2. The fourth-order valence-electron chi connectivity index (χ4n) is 1.06. The Hall–Kier alpha value is -1.86. The summed E-state index contributed by atoms with van der Waals surface area (Å²) in [5, 5.41) is 11.4. The lowest BCUT2D eigenvalue weighted by atomic mass is 10.3. The third-order valence-electron chi connectivity index (χ3n) is 1.96. The van der Waals surface area contributed by atoms with Gasteiger partial charge < -0.3 is 10.6 Å². The number of rotatable bonds is 3. The van der Waals surface area contributed by atoms with Gasteiger partial charge in [0.2, 0.25) is 5.91 Å². The van der Waals surface area contributed by atoms with Crippen molar-refractivity contribution in [1.29, 1.82) is 0 Å². The molecule has 1 amide bonds. The van der Waals surface area contributed by atoms with Gasteiger partial charge in [0.25, 0.3) is 0 Å². The van der Waals surface area contributed by atoms with Crippen molar-refractivity contribution in [1.82, 2.24) is 15.5 Å². The number of aromatic nitrogens is 2. The van der Waals surface area contributed by atoms with E-state index in [1.165, 1.54) is 7.05 Å². The number of hydrogen-bond acceptors (Lipinski definition) is 4. The Morgan fingerprint density at radius 3 is 2.41 bits per heavy atom. The Bertz CT molecular complexity index is 390. The molecule has 8 heteroatoms. The number of amides is 1. The molecule has 1 rings (SSSR count). The van der Waals surface area contributed by atoms with E-state index >= 15 is 0 Å². The summed E-state index contributed by atoms with van der Waals surface area (Å²) in [6, 6.07) is 1.31.